The second kappa shape index (κ2) is 4.49. The molecule has 0 radical (unpaired) electrons. The van der Waals surface area contributed by atoms with Crippen LogP contribution in [0.1, 0.15) is 19.5 Å². The van der Waals surface area contributed by atoms with E-state index in [-0.39, 0.29) is 0 Å². The zero-order valence-electron chi connectivity index (χ0n) is 6.89. The van der Waals surface area contributed by atoms with E-state index in [1.54, 1.807) is 6.92 Å². The van der Waals surface area contributed by atoms with Crippen molar-refractivity contribution in [2.24, 2.45) is 0 Å². The molecule has 0 aliphatic carbocycles. The minimum Gasteiger partial charge on any atom is -0.323 e. The van der Waals surface area contributed by atoms with Crippen LogP contribution in [0, 0.1) is 6.92 Å². The van der Waals surface area contributed by atoms with Crippen LogP contribution < -0.4 is 11.1 Å². The lowest BCUT2D eigenvalue weighted by Gasteiger charge is -1.85. The summed E-state index contributed by atoms with van der Waals surface area (Å²) in [6.45, 7) is 5.69. The molecular formula is C7H12N2O2. The Bertz CT molecular complexity index is 311. The number of nitrogens with one attached hydrogen (secondary N) is 2. The van der Waals surface area contributed by atoms with Crippen molar-refractivity contribution in [1.82, 2.24) is 9.97 Å². The van der Waals surface area contributed by atoms with Gasteiger partial charge in [-0.15, -0.1) is 0 Å². The van der Waals surface area contributed by atoms with Crippen LogP contribution in [-0.2, 0) is 0 Å². The van der Waals surface area contributed by atoms with Gasteiger partial charge in [-0.3, -0.25) is 9.59 Å². The Morgan fingerprint density at radius 2 is 1.73 bits per heavy atom. The number of aromatic nitrogens is 2. The highest BCUT2D eigenvalue weighted by atomic mass is 16.2. The lowest BCUT2D eigenvalue weighted by molar-refractivity contribution is 1.02. The zero-order chi connectivity index (χ0) is 8.85. The SMILES string of the molecule is CC.Cc1c[nH]c(=O)c(=O)[nH]1. The van der Waals surface area contributed by atoms with Crippen LogP contribution in [0.3, 0.4) is 0 Å². The van der Waals surface area contributed by atoms with Gasteiger partial charge in [0, 0.05) is 11.9 Å². The maximum absolute atomic E-state index is 10.4. The van der Waals surface area contributed by atoms with Crippen LogP contribution >= 0.6 is 0 Å². The minimum absolute atomic E-state index is 0.602. The van der Waals surface area contributed by atoms with Crippen LogP contribution in [-0.4, -0.2) is 9.97 Å². The second-order valence-corrected chi connectivity index (χ2v) is 1.75. The molecule has 0 unspecified atom stereocenters. The van der Waals surface area contributed by atoms with E-state index in [2.05, 4.69) is 9.97 Å². The van der Waals surface area contributed by atoms with Crippen molar-refractivity contribution in [2.45, 2.75) is 20.8 Å². The van der Waals surface area contributed by atoms with Crippen LogP contribution in [0.15, 0.2) is 15.8 Å². The summed E-state index contributed by atoms with van der Waals surface area (Å²) in [5.74, 6) is 0. The molecule has 1 heterocycles. The van der Waals surface area contributed by atoms with Gasteiger partial charge in [-0.25, -0.2) is 0 Å². The van der Waals surface area contributed by atoms with Gasteiger partial charge in [-0.2, -0.15) is 0 Å². The first kappa shape index (κ1) is 9.68. The number of hydrogen-bond acceptors (Lipinski definition) is 2. The molecule has 0 spiro atoms. The van der Waals surface area contributed by atoms with Crippen LogP contribution in [0.5, 0.6) is 0 Å². The topological polar surface area (TPSA) is 65.7 Å². The maximum atomic E-state index is 10.4. The van der Waals surface area contributed by atoms with Gasteiger partial charge < -0.3 is 9.97 Å². The van der Waals surface area contributed by atoms with Gasteiger partial charge in [-0.05, 0) is 6.92 Å². The Morgan fingerprint density at radius 1 is 1.18 bits per heavy atom. The monoisotopic (exact) mass is 156 g/mol. The molecule has 1 aromatic rings. The predicted octanol–water partition coefficient (Wildman–Crippen LogP) is 0.398. The summed E-state index contributed by atoms with van der Waals surface area (Å²) in [7, 11) is 0. The first-order valence-corrected chi connectivity index (χ1v) is 3.49. The van der Waals surface area contributed by atoms with E-state index in [1.807, 2.05) is 13.8 Å². The summed E-state index contributed by atoms with van der Waals surface area (Å²) in [4.78, 5) is 25.4. The molecule has 1 rings (SSSR count). The predicted molar refractivity (Wildman–Crippen MR) is 43.8 cm³/mol. The van der Waals surface area contributed by atoms with Crippen molar-refractivity contribution >= 4 is 0 Å². The lowest BCUT2D eigenvalue weighted by Crippen LogP contribution is -2.29. The number of H-pyrrole nitrogens is 2. The normalized spacial score (nSPS) is 8.27. The Labute approximate surface area is 64.3 Å². The van der Waals surface area contributed by atoms with Gasteiger partial charge in [0.15, 0.2) is 0 Å². The first-order chi connectivity index (χ1) is 5.20. The number of aromatic amines is 2. The molecule has 4 nitrogen and oxygen atoms in total. The molecule has 0 amide bonds. The zero-order valence-corrected chi connectivity index (χ0v) is 6.89. The van der Waals surface area contributed by atoms with Crippen molar-refractivity contribution in [3.8, 4) is 0 Å². The molecule has 0 atom stereocenters. The molecule has 0 saturated carbocycles. The summed E-state index contributed by atoms with van der Waals surface area (Å²) in [5, 5.41) is 0. The van der Waals surface area contributed by atoms with Crippen molar-refractivity contribution in [3.63, 3.8) is 0 Å². The molecule has 0 fully saturated rings. The highest BCUT2D eigenvalue weighted by molar-refractivity contribution is 4.90. The Kier molecular flexibility index (Phi) is 3.95. The fraction of sp³-hybridized carbons (Fsp3) is 0.429. The molecule has 4 heteroatoms. The van der Waals surface area contributed by atoms with Crippen molar-refractivity contribution in [2.75, 3.05) is 0 Å². The van der Waals surface area contributed by atoms with Crippen LogP contribution in [0.2, 0.25) is 0 Å². The standard InChI is InChI=1S/C5H6N2O2.C2H6/c1-3-2-6-4(8)5(9)7-3;1-2/h2H,1H3,(H,6,8)(H,7,9);1-2H3. The molecule has 11 heavy (non-hydrogen) atoms. The summed E-state index contributed by atoms with van der Waals surface area (Å²) >= 11 is 0. The Morgan fingerprint density at radius 3 is 2.09 bits per heavy atom. The van der Waals surface area contributed by atoms with E-state index >= 15 is 0 Å². The average molecular weight is 156 g/mol. The fourth-order valence-corrected chi connectivity index (χ4v) is 0.511. The molecule has 2 N–H and O–H groups in total. The smallest absolute Gasteiger partial charge is 0.313 e. The third kappa shape index (κ3) is 2.84. The second-order valence-electron chi connectivity index (χ2n) is 1.75. The van der Waals surface area contributed by atoms with Gasteiger partial charge in [0.05, 0.1) is 0 Å². The van der Waals surface area contributed by atoms with E-state index in [9.17, 15) is 9.59 Å². The molecule has 0 bridgehead atoms. The van der Waals surface area contributed by atoms with Crippen molar-refractivity contribution in [1.29, 1.82) is 0 Å². The van der Waals surface area contributed by atoms with E-state index < -0.39 is 11.1 Å². The Hall–Kier alpha value is -1.32. The summed E-state index contributed by atoms with van der Waals surface area (Å²) in [6.07, 6.45) is 1.45. The number of aryl methyl sites for hydroxylation is 1. The van der Waals surface area contributed by atoms with Gasteiger partial charge in [-0.1, -0.05) is 13.8 Å². The third-order valence-electron chi connectivity index (χ3n) is 0.937. The largest absolute Gasteiger partial charge is 0.323 e. The van der Waals surface area contributed by atoms with Crippen LogP contribution in [0.4, 0.5) is 0 Å². The highest BCUT2D eigenvalue weighted by Gasteiger charge is 1.88. The van der Waals surface area contributed by atoms with Crippen molar-refractivity contribution < 1.29 is 0 Å². The molecule has 0 aromatic carbocycles. The third-order valence-corrected chi connectivity index (χ3v) is 0.937. The molecule has 1 aromatic heterocycles. The van der Waals surface area contributed by atoms with Crippen LogP contribution in [0.25, 0.3) is 0 Å². The molecule has 0 aliphatic heterocycles. The van der Waals surface area contributed by atoms with E-state index in [0.29, 0.717) is 5.69 Å². The van der Waals surface area contributed by atoms with Gasteiger partial charge >= 0.3 is 11.1 Å². The molecule has 0 aliphatic rings. The van der Waals surface area contributed by atoms with E-state index in [4.69, 9.17) is 0 Å². The maximum Gasteiger partial charge on any atom is 0.313 e. The first-order valence-electron chi connectivity index (χ1n) is 3.49. The summed E-state index contributed by atoms with van der Waals surface area (Å²) in [5.41, 5.74) is -0.560. The van der Waals surface area contributed by atoms with Gasteiger partial charge in [0.25, 0.3) is 0 Å². The number of rotatable bonds is 0. The summed E-state index contributed by atoms with van der Waals surface area (Å²) in [6, 6.07) is 0. The minimum atomic E-state index is -0.611. The van der Waals surface area contributed by atoms with E-state index in [1.165, 1.54) is 6.20 Å². The Balaban J connectivity index is 0.000000461. The van der Waals surface area contributed by atoms with Crippen molar-refractivity contribution in [3.05, 3.63) is 32.6 Å². The molecular weight excluding hydrogens is 144 g/mol. The quantitative estimate of drug-likeness (QED) is 0.534. The molecule has 62 valence electrons. The number of hydrogen-bond donors (Lipinski definition) is 2. The summed E-state index contributed by atoms with van der Waals surface area (Å²) < 4.78 is 0. The van der Waals surface area contributed by atoms with Gasteiger partial charge in [0.1, 0.15) is 0 Å². The lowest BCUT2D eigenvalue weighted by atomic mass is 10.5. The average Bonchev–Trinajstić information content (AvgIpc) is 2.02. The van der Waals surface area contributed by atoms with Gasteiger partial charge in [0.2, 0.25) is 0 Å². The van der Waals surface area contributed by atoms with E-state index in [0.717, 1.165) is 0 Å². The fourth-order valence-electron chi connectivity index (χ4n) is 0.511. The molecule has 0 saturated heterocycles. The highest BCUT2D eigenvalue weighted by Crippen LogP contribution is 1.74.